The average molecular weight is 377 g/mol. The zero-order valence-electron chi connectivity index (χ0n) is 14.8. The number of aliphatic imine (C=N–C) groups is 1. The number of hydrogen-bond donors (Lipinski definition) is 2. The second kappa shape index (κ2) is 10.2. The molecular weight excluding hydrogens is 352 g/mol. The first-order valence-corrected chi connectivity index (χ1v) is 9.40. The fraction of sp³-hybridized carbons (Fsp3) is 0.474. The van der Waals surface area contributed by atoms with Crippen molar-refractivity contribution in [1.29, 1.82) is 0 Å². The lowest BCUT2D eigenvalue weighted by atomic mass is 10.1. The molecule has 1 unspecified atom stereocenters. The molecule has 26 heavy (non-hydrogen) atoms. The standard InChI is InChI=1S/C19H25ClN4O2/c20-18-4-3-15(12-23-18)5-8-21-19(24-13-16-7-11-25-14-16)22-9-6-17-2-1-10-26-17/h1-4,10,12,16H,5-9,11,13-14H2,(H2,21,22,24). The summed E-state index contributed by atoms with van der Waals surface area (Å²) in [5.41, 5.74) is 1.14. The van der Waals surface area contributed by atoms with Crippen molar-refractivity contribution in [3.8, 4) is 0 Å². The van der Waals surface area contributed by atoms with Crippen molar-refractivity contribution < 1.29 is 9.15 Å². The highest BCUT2D eigenvalue weighted by atomic mass is 35.5. The number of hydrogen-bond acceptors (Lipinski definition) is 4. The Morgan fingerprint density at radius 2 is 2.12 bits per heavy atom. The van der Waals surface area contributed by atoms with Crippen molar-refractivity contribution in [3.63, 3.8) is 0 Å². The van der Waals surface area contributed by atoms with E-state index >= 15 is 0 Å². The molecule has 1 saturated heterocycles. The number of ether oxygens (including phenoxy) is 1. The molecule has 6 nitrogen and oxygen atoms in total. The first-order valence-electron chi connectivity index (χ1n) is 9.02. The molecular formula is C19H25ClN4O2. The van der Waals surface area contributed by atoms with Gasteiger partial charge in [-0.2, -0.15) is 0 Å². The highest BCUT2D eigenvalue weighted by molar-refractivity contribution is 6.29. The first-order chi connectivity index (χ1) is 12.8. The number of halogens is 1. The van der Waals surface area contributed by atoms with Gasteiger partial charge in [-0.3, -0.25) is 4.99 Å². The maximum Gasteiger partial charge on any atom is 0.191 e. The second-order valence-electron chi connectivity index (χ2n) is 6.34. The van der Waals surface area contributed by atoms with Crippen molar-refractivity contribution in [3.05, 3.63) is 53.2 Å². The molecule has 0 amide bonds. The van der Waals surface area contributed by atoms with Crippen LogP contribution in [0.4, 0.5) is 0 Å². The fourth-order valence-electron chi connectivity index (χ4n) is 2.76. The molecule has 2 aromatic heterocycles. The van der Waals surface area contributed by atoms with Gasteiger partial charge in [0.25, 0.3) is 0 Å². The van der Waals surface area contributed by atoms with E-state index < -0.39 is 0 Å². The average Bonchev–Trinajstić information content (AvgIpc) is 3.35. The molecule has 1 aliphatic rings. The van der Waals surface area contributed by atoms with E-state index in [0.29, 0.717) is 11.1 Å². The summed E-state index contributed by atoms with van der Waals surface area (Å²) in [5, 5.41) is 7.29. The van der Waals surface area contributed by atoms with Gasteiger partial charge in [0.15, 0.2) is 5.96 Å². The number of nitrogens with one attached hydrogen (secondary N) is 2. The van der Waals surface area contributed by atoms with Crippen LogP contribution in [0.25, 0.3) is 0 Å². The molecule has 0 saturated carbocycles. The van der Waals surface area contributed by atoms with Crippen molar-refractivity contribution in [1.82, 2.24) is 15.6 Å². The minimum absolute atomic E-state index is 0.513. The number of nitrogens with zero attached hydrogens (tertiary/aromatic N) is 2. The van der Waals surface area contributed by atoms with Gasteiger partial charge in [0.2, 0.25) is 0 Å². The van der Waals surface area contributed by atoms with Crippen molar-refractivity contribution >= 4 is 17.6 Å². The Morgan fingerprint density at radius 1 is 1.23 bits per heavy atom. The largest absolute Gasteiger partial charge is 0.469 e. The van der Waals surface area contributed by atoms with E-state index in [1.807, 2.05) is 24.3 Å². The van der Waals surface area contributed by atoms with Crippen LogP contribution < -0.4 is 10.6 Å². The number of aromatic nitrogens is 1. The Hall–Kier alpha value is -2.05. The van der Waals surface area contributed by atoms with E-state index in [1.54, 1.807) is 12.5 Å². The maximum atomic E-state index is 5.83. The van der Waals surface area contributed by atoms with E-state index in [1.165, 1.54) is 0 Å². The van der Waals surface area contributed by atoms with E-state index in [9.17, 15) is 0 Å². The van der Waals surface area contributed by atoms with Crippen LogP contribution in [0.3, 0.4) is 0 Å². The molecule has 0 spiro atoms. The zero-order chi connectivity index (χ0) is 18.0. The first kappa shape index (κ1) is 18.7. The molecule has 1 fully saturated rings. The Balaban J connectivity index is 1.47. The highest BCUT2D eigenvalue weighted by Gasteiger charge is 2.15. The van der Waals surface area contributed by atoms with E-state index in [4.69, 9.17) is 25.7 Å². The van der Waals surface area contributed by atoms with Crippen molar-refractivity contribution in [2.24, 2.45) is 10.9 Å². The van der Waals surface area contributed by atoms with Crippen LogP contribution in [0.15, 0.2) is 46.1 Å². The van der Waals surface area contributed by atoms with Gasteiger partial charge in [-0.25, -0.2) is 4.98 Å². The zero-order valence-corrected chi connectivity index (χ0v) is 15.5. The summed E-state index contributed by atoms with van der Waals surface area (Å²) >= 11 is 5.83. The summed E-state index contributed by atoms with van der Waals surface area (Å²) in [5.74, 6) is 2.30. The summed E-state index contributed by atoms with van der Waals surface area (Å²) < 4.78 is 10.8. The van der Waals surface area contributed by atoms with Crippen LogP contribution in [0.2, 0.25) is 5.15 Å². The highest BCUT2D eigenvalue weighted by Crippen LogP contribution is 2.12. The predicted molar refractivity (Wildman–Crippen MR) is 103 cm³/mol. The third-order valence-corrected chi connectivity index (χ3v) is 4.49. The van der Waals surface area contributed by atoms with Gasteiger partial charge in [-0.15, -0.1) is 0 Å². The monoisotopic (exact) mass is 376 g/mol. The van der Waals surface area contributed by atoms with Gasteiger partial charge in [-0.05, 0) is 36.6 Å². The van der Waals surface area contributed by atoms with Crippen LogP contribution in [-0.2, 0) is 17.6 Å². The lowest BCUT2D eigenvalue weighted by molar-refractivity contribution is 0.187. The van der Waals surface area contributed by atoms with Gasteiger partial charge < -0.3 is 19.8 Å². The molecule has 140 valence electrons. The molecule has 1 atom stereocenters. The van der Waals surface area contributed by atoms with Crippen LogP contribution in [-0.4, -0.2) is 43.8 Å². The van der Waals surface area contributed by atoms with Gasteiger partial charge in [-0.1, -0.05) is 17.7 Å². The topological polar surface area (TPSA) is 71.7 Å². The van der Waals surface area contributed by atoms with E-state index in [-0.39, 0.29) is 0 Å². The number of furan rings is 1. The molecule has 2 aromatic rings. The summed E-state index contributed by atoms with van der Waals surface area (Å²) in [4.78, 5) is 8.83. The lowest BCUT2D eigenvalue weighted by Gasteiger charge is -2.13. The van der Waals surface area contributed by atoms with Crippen LogP contribution >= 0.6 is 11.6 Å². The third kappa shape index (κ3) is 6.35. The Morgan fingerprint density at radius 3 is 2.81 bits per heavy atom. The molecule has 0 radical (unpaired) electrons. The van der Waals surface area contributed by atoms with Crippen molar-refractivity contribution in [2.45, 2.75) is 19.3 Å². The molecule has 3 rings (SSSR count). The Labute approximate surface area is 159 Å². The summed E-state index contributed by atoms with van der Waals surface area (Å²) in [6, 6.07) is 7.69. The molecule has 1 aliphatic heterocycles. The maximum absolute atomic E-state index is 5.83. The quantitative estimate of drug-likeness (QED) is 0.421. The van der Waals surface area contributed by atoms with Crippen LogP contribution in [0.5, 0.6) is 0 Å². The molecule has 2 N–H and O–H groups in total. The van der Waals surface area contributed by atoms with Gasteiger partial charge in [0, 0.05) is 44.8 Å². The molecule has 3 heterocycles. The Kier molecular flexibility index (Phi) is 7.34. The summed E-state index contributed by atoms with van der Waals surface area (Å²) in [6.07, 6.45) is 6.26. The molecule has 0 bridgehead atoms. The Bertz CT molecular complexity index is 667. The fourth-order valence-corrected chi connectivity index (χ4v) is 2.87. The van der Waals surface area contributed by atoms with E-state index in [2.05, 4.69) is 15.6 Å². The van der Waals surface area contributed by atoms with Gasteiger partial charge in [0.1, 0.15) is 10.9 Å². The number of guanidine groups is 1. The second-order valence-corrected chi connectivity index (χ2v) is 6.73. The van der Waals surface area contributed by atoms with Gasteiger partial charge in [0.05, 0.1) is 12.9 Å². The van der Waals surface area contributed by atoms with E-state index in [0.717, 1.165) is 69.4 Å². The third-order valence-electron chi connectivity index (χ3n) is 4.27. The van der Waals surface area contributed by atoms with Gasteiger partial charge >= 0.3 is 0 Å². The van der Waals surface area contributed by atoms with Crippen LogP contribution in [0, 0.1) is 5.92 Å². The smallest absolute Gasteiger partial charge is 0.191 e. The SMILES string of the molecule is Clc1ccc(CCNC(=NCC2CCOC2)NCCc2ccco2)cn1. The number of rotatable bonds is 8. The molecule has 0 aromatic carbocycles. The number of pyridine rings is 1. The molecule has 7 heteroatoms. The predicted octanol–water partition coefficient (Wildman–Crippen LogP) is 2.68. The minimum Gasteiger partial charge on any atom is -0.469 e. The van der Waals surface area contributed by atoms with Crippen LogP contribution in [0.1, 0.15) is 17.7 Å². The summed E-state index contributed by atoms with van der Waals surface area (Å²) in [6.45, 7) is 3.97. The normalized spacial score (nSPS) is 17.4. The summed E-state index contributed by atoms with van der Waals surface area (Å²) in [7, 11) is 0. The lowest BCUT2D eigenvalue weighted by Crippen LogP contribution is -2.39. The molecule has 0 aliphatic carbocycles. The van der Waals surface area contributed by atoms with Crippen molar-refractivity contribution in [2.75, 3.05) is 32.8 Å². The minimum atomic E-state index is 0.513.